The maximum absolute atomic E-state index is 13.0. The molecule has 0 bridgehead atoms. The first-order valence-corrected chi connectivity index (χ1v) is 6.77. The minimum absolute atomic E-state index is 0.367. The Labute approximate surface area is 125 Å². The van der Waals surface area contributed by atoms with E-state index < -0.39 is 5.79 Å². The van der Waals surface area contributed by atoms with Crippen molar-refractivity contribution < 1.29 is 14.2 Å². The molecule has 21 heavy (non-hydrogen) atoms. The molecule has 108 valence electrons. The first kappa shape index (κ1) is 13.9. The van der Waals surface area contributed by atoms with Gasteiger partial charge in [-0.05, 0) is 42.5 Å². The highest BCUT2D eigenvalue weighted by Gasteiger charge is 2.26. The predicted molar refractivity (Wildman–Crippen MR) is 79.9 cm³/mol. The molecule has 2 aromatic carbocycles. The normalized spacial score (nSPS) is 14.1. The van der Waals surface area contributed by atoms with Gasteiger partial charge in [0.1, 0.15) is 11.6 Å². The van der Waals surface area contributed by atoms with Gasteiger partial charge in [-0.1, -0.05) is 11.6 Å². The number of benzene rings is 2. The molecule has 0 spiro atoms. The number of aromatic nitrogens is 1. The quantitative estimate of drug-likeness (QED) is 0.712. The molecule has 0 aliphatic carbocycles. The predicted octanol–water partition coefficient (Wildman–Crippen LogP) is 4.20. The van der Waals surface area contributed by atoms with Crippen molar-refractivity contribution in [1.29, 1.82) is 0 Å². The molecule has 3 nitrogen and oxygen atoms in total. The van der Waals surface area contributed by atoms with Crippen molar-refractivity contribution >= 4 is 22.5 Å². The highest BCUT2D eigenvalue weighted by atomic mass is 35.5. The van der Waals surface area contributed by atoms with E-state index >= 15 is 0 Å². The Kier molecular flexibility index (Phi) is 3.35. The lowest BCUT2D eigenvalue weighted by Gasteiger charge is -2.24. The monoisotopic (exact) mass is 305 g/mol. The number of fused-ring (bicyclic) bond motifs is 1. The van der Waals surface area contributed by atoms with Crippen LogP contribution in [0.5, 0.6) is 5.75 Å². The molecule has 1 unspecified atom stereocenters. The van der Waals surface area contributed by atoms with E-state index in [1.807, 2.05) is 6.07 Å². The number of rotatable bonds is 3. The molecular weight excluding hydrogens is 293 g/mol. The topological polar surface area (TPSA) is 45.2 Å². The van der Waals surface area contributed by atoms with Crippen LogP contribution in [0.15, 0.2) is 48.7 Å². The standard InChI is InChI=1S/C16H13ClFNO2/c1-16(20,10-2-5-12(18)6-3-10)21-15-9-19-14-7-4-11(17)8-13(14)15/h2-9,19-20H,1H3. The van der Waals surface area contributed by atoms with Crippen LogP contribution < -0.4 is 4.74 Å². The molecule has 5 heteroatoms. The van der Waals surface area contributed by atoms with Crippen LogP contribution in [-0.2, 0) is 5.79 Å². The molecule has 0 aliphatic rings. The number of aromatic amines is 1. The Hall–Kier alpha value is -2.04. The van der Waals surface area contributed by atoms with Crippen LogP contribution in [-0.4, -0.2) is 10.1 Å². The van der Waals surface area contributed by atoms with Gasteiger partial charge >= 0.3 is 0 Å². The molecule has 3 aromatic rings. The summed E-state index contributed by atoms with van der Waals surface area (Å²) >= 11 is 5.98. The van der Waals surface area contributed by atoms with Crippen molar-refractivity contribution in [2.24, 2.45) is 0 Å². The second-order valence-corrected chi connectivity index (χ2v) is 5.37. The van der Waals surface area contributed by atoms with Gasteiger partial charge in [0.25, 0.3) is 0 Å². The Morgan fingerprint density at radius 2 is 1.90 bits per heavy atom. The van der Waals surface area contributed by atoms with Gasteiger partial charge in [0, 0.05) is 34.6 Å². The minimum atomic E-state index is -1.58. The van der Waals surface area contributed by atoms with Crippen molar-refractivity contribution in [3.63, 3.8) is 0 Å². The SMILES string of the molecule is CC(O)(Oc1c[nH]c2ccc(Cl)cc12)c1ccc(F)cc1. The van der Waals surface area contributed by atoms with Crippen LogP contribution >= 0.6 is 11.6 Å². The first-order chi connectivity index (χ1) is 9.95. The molecular formula is C16H13ClFNO2. The van der Waals surface area contributed by atoms with Crippen LogP contribution in [0.25, 0.3) is 10.9 Å². The lowest BCUT2D eigenvalue weighted by Crippen LogP contribution is -2.28. The van der Waals surface area contributed by atoms with E-state index in [0.29, 0.717) is 16.3 Å². The summed E-state index contributed by atoms with van der Waals surface area (Å²) in [7, 11) is 0. The van der Waals surface area contributed by atoms with E-state index in [9.17, 15) is 9.50 Å². The van der Waals surface area contributed by atoms with Crippen molar-refractivity contribution in [2.45, 2.75) is 12.7 Å². The largest absolute Gasteiger partial charge is 0.456 e. The number of ether oxygens (including phenoxy) is 1. The fourth-order valence-electron chi connectivity index (χ4n) is 2.18. The molecule has 0 saturated carbocycles. The maximum atomic E-state index is 13.0. The van der Waals surface area contributed by atoms with E-state index in [0.717, 1.165) is 10.9 Å². The van der Waals surface area contributed by atoms with Crippen molar-refractivity contribution in [2.75, 3.05) is 0 Å². The Balaban J connectivity index is 1.96. The van der Waals surface area contributed by atoms with E-state index in [1.54, 1.807) is 18.3 Å². The Bertz CT molecular complexity index is 781. The summed E-state index contributed by atoms with van der Waals surface area (Å²) in [5.74, 6) is -1.47. The zero-order valence-electron chi connectivity index (χ0n) is 11.2. The molecule has 0 aliphatic heterocycles. The number of H-pyrrole nitrogens is 1. The lowest BCUT2D eigenvalue weighted by atomic mass is 10.1. The molecule has 1 atom stereocenters. The molecule has 1 aromatic heterocycles. The fourth-order valence-corrected chi connectivity index (χ4v) is 2.36. The van der Waals surface area contributed by atoms with Crippen molar-refractivity contribution in [1.82, 2.24) is 4.98 Å². The third-order valence-corrected chi connectivity index (χ3v) is 3.53. The number of halogens is 2. The van der Waals surface area contributed by atoms with Crippen LogP contribution in [0, 0.1) is 5.82 Å². The average Bonchev–Trinajstić information content (AvgIpc) is 2.81. The van der Waals surface area contributed by atoms with Gasteiger partial charge in [-0.15, -0.1) is 0 Å². The van der Waals surface area contributed by atoms with Crippen LogP contribution in [0.3, 0.4) is 0 Å². The summed E-state index contributed by atoms with van der Waals surface area (Å²) in [6.07, 6.45) is 1.65. The summed E-state index contributed by atoms with van der Waals surface area (Å²) in [6, 6.07) is 10.9. The Morgan fingerprint density at radius 3 is 2.62 bits per heavy atom. The number of hydrogen-bond acceptors (Lipinski definition) is 2. The molecule has 3 rings (SSSR count). The van der Waals surface area contributed by atoms with Gasteiger partial charge in [-0.2, -0.15) is 0 Å². The summed E-state index contributed by atoms with van der Waals surface area (Å²) in [6.45, 7) is 1.50. The van der Waals surface area contributed by atoms with Crippen LogP contribution in [0.4, 0.5) is 4.39 Å². The highest BCUT2D eigenvalue weighted by molar-refractivity contribution is 6.31. The number of nitrogens with one attached hydrogen (secondary N) is 1. The summed E-state index contributed by atoms with van der Waals surface area (Å²) < 4.78 is 18.6. The van der Waals surface area contributed by atoms with E-state index in [-0.39, 0.29) is 5.82 Å². The second kappa shape index (κ2) is 5.06. The number of hydrogen-bond donors (Lipinski definition) is 2. The molecule has 0 saturated heterocycles. The van der Waals surface area contributed by atoms with Crippen LogP contribution in [0.2, 0.25) is 5.02 Å². The zero-order valence-corrected chi connectivity index (χ0v) is 12.0. The van der Waals surface area contributed by atoms with Gasteiger partial charge in [-0.25, -0.2) is 4.39 Å². The highest BCUT2D eigenvalue weighted by Crippen LogP contribution is 2.33. The Morgan fingerprint density at radius 1 is 1.19 bits per heavy atom. The fraction of sp³-hybridized carbons (Fsp3) is 0.125. The maximum Gasteiger partial charge on any atom is 0.232 e. The van der Waals surface area contributed by atoms with Gasteiger partial charge in [0.05, 0.1) is 0 Å². The van der Waals surface area contributed by atoms with Gasteiger partial charge in [-0.3, -0.25) is 0 Å². The van der Waals surface area contributed by atoms with Crippen LogP contribution in [0.1, 0.15) is 12.5 Å². The molecule has 0 amide bonds. The van der Waals surface area contributed by atoms with E-state index in [1.165, 1.54) is 31.2 Å². The van der Waals surface area contributed by atoms with Gasteiger partial charge < -0.3 is 14.8 Å². The average molecular weight is 306 g/mol. The third-order valence-electron chi connectivity index (χ3n) is 3.29. The molecule has 2 N–H and O–H groups in total. The van der Waals surface area contributed by atoms with Crippen molar-refractivity contribution in [3.8, 4) is 5.75 Å². The molecule has 1 heterocycles. The molecule has 0 radical (unpaired) electrons. The second-order valence-electron chi connectivity index (χ2n) is 4.93. The molecule has 0 fully saturated rings. The van der Waals surface area contributed by atoms with Gasteiger partial charge in [0.2, 0.25) is 5.79 Å². The third kappa shape index (κ3) is 2.73. The van der Waals surface area contributed by atoms with Crippen molar-refractivity contribution in [3.05, 3.63) is 65.1 Å². The van der Waals surface area contributed by atoms with E-state index in [4.69, 9.17) is 16.3 Å². The summed E-state index contributed by atoms with van der Waals surface area (Å²) in [4.78, 5) is 3.04. The summed E-state index contributed by atoms with van der Waals surface area (Å²) in [5, 5.41) is 11.8. The smallest absolute Gasteiger partial charge is 0.232 e. The first-order valence-electron chi connectivity index (χ1n) is 6.40. The zero-order chi connectivity index (χ0) is 15.0. The van der Waals surface area contributed by atoms with E-state index in [2.05, 4.69) is 4.98 Å². The number of aliphatic hydroxyl groups is 1. The summed E-state index contributed by atoms with van der Waals surface area (Å²) in [5.41, 5.74) is 1.31. The minimum Gasteiger partial charge on any atom is -0.456 e. The van der Waals surface area contributed by atoms with Gasteiger partial charge in [0.15, 0.2) is 0 Å². The lowest BCUT2D eigenvalue weighted by molar-refractivity contribution is -0.128.